The van der Waals surface area contributed by atoms with Gasteiger partial charge in [-0.1, -0.05) is 6.92 Å². The number of carbonyl (C=O) groups is 1. The van der Waals surface area contributed by atoms with E-state index >= 15 is 0 Å². The average molecular weight is 284 g/mol. The lowest BCUT2D eigenvalue weighted by Gasteiger charge is -2.21. The standard InChI is InChI=1S/C12H16N2O4S/c1-2-14(9-4-5-9)19(17,18)11-7-8(13)3-6-10(11)12(15)16/h3,6-7,9H,2,4-5,13H2,1H3,(H,15,16). The highest BCUT2D eigenvalue weighted by atomic mass is 32.2. The number of aromatic carboxylic acids is 1. The predicted molar refractivity (Wildman–Crippen MR) is 70.4 cm³/mol. The molecule has 6 nitrogen and oxygen atoms in total. The van der Waals surface area contributed by atoms with Crippen LogP contribution in [-0.2, 0) is 10.0 Å². The Kier molecular flexibility index (Phi) is 3.51. The minimum Gasteiger partial charge on any atom is -0.478 e. The lowest BCUT2D eigenvalue weighted by Crippen LogP contribution is -2.34. The lowest BCUT2D eigenvalue weighted by molar-refractivity contribution is 0.0692. The van der Waals surface area contributed by atoms with Gasteiger partial charge in [-0.2, -0.15) is 4.31 Å². The quantitative estimate of drug-likeness (QED) is 0.790. The molecule has 2 rings (SSSR count). The maximum atomic E-state index is 12.5. The molecule has 1 aliphatic rings. The van der Waals surface area contributed by atoms with Crippen LogP contribution in [0, 0.1) is 0 Å². The van der Waals surface area contributed by atoms with Crippen LogP contribution in [0.25, 0.3) is 0 Å². The second kappa shape index (κ2) is 4.82. The predicted octanol–water partition coefficient (Wildman–Crippen LogP) is 1.14. The number of nitrogens with two attached hydrogens (primary N) is 1. The Bertz CT molecular complexity index is 608. The molecule has 0 aromatic heterocycles. The number of hydrogen-bond acceptors (Lipinski definition) is 4. The Morgan fingerprint density at radius 1 is 1.47 bits per heavy atom. The van der Waals surface area contributed by atoms with Crippen LogP contribution in [0.5, 0.6) is 0 Å². The molecule has 3 N–H and O–H groups in total. The zero-order chi connectivity index (χ0) is 14.2. The third-order valence-electron chi connectivity index (χ3n) is 3.09. The third-order valence-corrected chi connectivity index (χ3v) is 5.16. The zero-order valence-corrected chi connectivity index (χ0v) is 11.4. The number of nitrogens with zero attached hydrogens (tertiary/aromatic N) is 1. The van der Waals surface area contributed by atoms with Crippen LogP contribution >= 0.6 is 0 Å². The van der Waals surface area contributed by atoms with Gasteiger partial charge in [-0.15, -0.1) is 0 Å². The summed E-state index contributed by atoms with van der Waals surface area (Å²) < 4.78 is 26.4. The maximum Gasteiger partial charge on any atom is 0.337 e. The van der Waals surface area contributed by atoms with E-state index in [2.05, 4.69) is 0 Å². The van der Waals surface area contributed by atoms with Gasteiger partial charge in [0, 0.05) is 18.3 Å². The van der Waals surface area contributed by atoms with E-state index in [4.69, 9.17) is 10.8 Å². The summed E-state index contributed by atoms with van der Waals surface area (Å²) in [5, 5.41) is 9.10. The smallest absolute Gasteiger partial charge is 0.337 e. The molecule has 1 aromatic carbocycles. The Morgan fingerprint density at radius 2 is 2.11 bits per heavy atom. The molecule has 0 heterocycles. The number of carboxylic acids is 1. The summed E-state index contributed by atoms with van der Waals surface area (Å²) in [4.78, 5) is 10.9. The fraction of sp³-hybridized carbons (Fsp3) is 0.417. The van der Waals surface area contributed by atoms with Crippen LogP contribution in [0.4, 0.5) is 5.69 Å². The molecular weight excluding hydrogens is 268 g/mol. The first-order valence-electron chi connectivity index (χ1n) is 6.02. The summed E-state index contributed by atoms with van der Waals surface area (Å²) in [6, 6.07) is 3.81. The van der Waals surface area contributed by atoms with Crippen molar-refractivity contribution in [2.75, 3.05) is 12.3 Å². The second-order valence-corrected chi connectivity index (χ2v) is 6.36. The molecule has 1 aromatic rings. The van der Waals surface area contributed by atoms with Gasteiger partial charge < -0.3 is 10.8 Å². The van der Waals surface area contributed by atoms with Crippen LogP contribution in [-0.4, -0.2) is 36.4 Å². The van der Waals surface area contributed by atoms with E-state index in [1.165, 1.54) is 22.5 Å². The number of benzene rings is 1. The molecule has 0 bridgehead atoms. The Labute approximate surface area is 111 Å². The van der Waals surface area contributed by atoms with Crippen LogP contribution in [0.3, 0.4) is 0 Å². The summed E-state index contributed by atoms with van der Waals surface area (Å²) in [6.07, 6.45) is 1.63. The first-order chi connectivity index (χ1) is 8.87. The van der Waals surface area contributed by atoms with Gasteiger partial charge in [0.2, 0.25) is 10.0 Å². The minimum atomic E-state index is -3.81. The molecule has 1 saturated carbocycles. The topological polar surface area (TPSA) is 101 Å². The van der Waals surface area contributed by atoms with Crippen molar-refractivity contribution in [1.29, 1.82) is 0 Å². The van der Waals surface area contributed by atoms with Gasteiger partial charge in [-0.3, -0.25) is 0 Å². The number of nitrogen functional groups attached to an aromatic ring is 1. The zero-order valence-electron chi connectivity index (χ0n) is 10.5. The van der Waals surface area contributed by atoms with Crippen molar-refractivity contribution in [3.63, 3.8) is 0 Å². The molecule has 0 aliphatic heterocycles. The first-order valence-corrected chi connectivity index (χ1v) is 7.46. The van der Waals surface area contributed by atoms with Crippen molar-refractivity contribution in [3.8, 4) is 0 Å². The minimum absolute atomic E-state index is 0.0157. The van der Waals surface area contributed by atoms with Crippen LogP contribution < -0.4 is 5.73 Å². The first kappa shape index (κ1) is 13.8. The number of sulfonamides is 1. The molecule has 0 unspecified atom stereocenters. The molecule has 0 spiro atoms. The van der Waals surface area contributed by atoms with E-state index in [0.29, 0.717) is 6.54 Å². The van der Waals surface area contributed by atoms with E-state index in [9.17, 15) is 13.2 Å². The molecule has 0 atom stereocenters. The van der Waals surface area contributed by atoms with Gasteiger partial charge in [0.05, 0.1) is 10.5 Å². The van der Waals surface area contributed by atoms with E-state index < -0.39 is 16.0 Å². The van der Waals surface area contributed by atoms with Crippen LogP contribution in [0.15, 0.2) is 23.1 Å². The molecular formula is C12H16N2O4S. The Balaban J connectivity index is 2.55. The molecule has 0 amide bonds. The van der Waals surface area contributed by atoms with Gasteiger partial charge in [-0.25, -0.2) is 13.2 Å². The van der Waals surface area contributed by atoms with Crippen LogP contribution in [0.2, 0.25) is 0 Å². The van der Waals surface area contributed by atoms with E-state index in [1.807, 2.05) is 0 Å². The Morgan fingerprint density at radius 3 is 2.58 bits per heavy atom. The van der Waals surface area contributed by atoms with Crippen molar-refractivity contribution in [2.45, 2.75) is 30.7 Å². The summed E-state index contributed by atoms with van der Waals surface area (Å²) in [5.41, 5.74) is 5.57. The maximum absolute atomic E-state index is 12.5. The largest absolute Gasteiger partial charge is 0.478 e. The molecule has 0 radical (unpaired) electrons. The van der Waals surface area contributed by atoms with E-state index in [1.54, 1.807) is 6.92 Å². The van der Waals surface area contributed by atoms with Crippen molar-refractivity contribution in [3.05, 3.63) is 23.8 Å². The number of hydrogen-bond donors (Lipinski definition) is 2. The lowest BCUT2D eigenvalue weighted by atomic mass is 10.2. The highest BCUT2D eigenvalue weighted by molar-refractivity contribution is 7.89. The molecule has 1 fully saturated rings. The molecule has 7 heteroatoms. The SMILES string of the molecule is CCN(C1CC1)S(=O)(=O)c1cc(N)ccc1C(=O)O. The summed E-state index contributed by atoms with van der Waals surface area (Å²) in [6.45, 7) is 2.06. The number of carboxylic acid groups (broad SMARTS) is 1. The normalized spacial score (nSPS) is 15.7. The van der Waals surface area contributed by atoms with Gasteiger partial charge in [-0.05, 0) is 31.0 Å². The monoisotopic (exact) mass is 284 g/mol. The fourth-order valence-corrected chi connectivity index (χ4v) is 3.96. The fourth-order valence-electron chi connectivity index (χ4n) is 2.04. The number of rotatable bonds is 5. The summed E-state index contributed by atoms with van der Waals surface area (Å²) in [7, 11) is -3.81. The molecule has 1 aliphatic carbocycles. The van der Waals surface area contributed by atoms with Gasteiger partial charge in [0.25, 0.3) is 0 Å². The van der Waals surface area contributed by atoms with Crippen molar-refractivity contribution < 1.29 is 18.3 Å². The average Bonchev–Trinajstić information content (AvgIpc) is 3.13. The Hall–Kier alpha value is -1.60. The van der Waals surface area contributed by atoms with Crippen molar-refractivity contribution in [1.82, 2.24) is 4.31 Å². The number of anilines is 1. The van der Waals surface area contributed by atoms with Gasteiger partial charge in [0.15, 0.2) is 0 Å². The van der Waals surface area contributed by atoms with Gasteiger partial charge >= 0.3 is 5.97 Å². The molecule has 104 valence electrons. The van der Waals surface area contributed by atoms with Crippen LogP contribution in [0.1, 0.15) is 30.1 Å². The van der Waals surface area contributed by atoms with Crippen molar-refractivity contribution in [2.24, 2.45) is 0 Å². The highest BCUT2D eigenvalue weighted by Gasteiger charge is 2.38. The van der Waals surface area contributed by atoms with E-state index in [0.717, 1.165) is 12.8 Å². The molecule has 0 saturated heterocycles. The van der Waals surface area contributed by atoms with Gasteiger partial charge in [0.1, 0.15) is 0 Å². The second-order valence-electron chi connectivity index (χ2n) is 4.50. The summed E-state index contributed by atoms with van der Waals surface area (Å²) in [5.74, 6) is -1.27. The van der Waals surface area contributed by atoms with Crippen molar-refractivity contribution >= 4 is 21.7 Å². The van der Waals surface area contributed by atoms with E-state index in [-0.39, 0.29) is 22.2 Å². The highest BCUT2D eigenvalue weighted by Crippen LogP contribution is 2.33. The third kappa shape index (κ3) is 2.57. The molecule has 19 heavy (non-hydrogen) atoms. The summed E-state index contributed by atoms with van der Waals surface area (Å²) >= 11 is 0.